The fraction of sp³-hybridized carbons (Fsp3) is 0. The SMILES string of the molecule is [2H]c1c([2H])c([2H])c(-c2nc(-c3ccccc3)nc(-c3ccc4sc5cccc(-c6ccc7c8ccccc8c8ccccc8c7c6)c5c4c3)n2)c([2H])c1[2H]. The lowest BCUT2D eigenvalue weighted by molar-refractivity contribution is 1.07. The minimum absolute atomic E-state index is 0.0164. The minimum atomic E-state index is -0.468. The summed E-state index contributed by atoms with van der Waals surface area (Å²) >= 11 is 1.73. The predicted molar refractivity (Wildman–Crippen MR) is 207 cm³/mol. The average molecular weight is 647 g/mol. The van der Waals surface area contributed by atoms with Gasteiger partial charge in [0.2, 0.25) is 0 Å². The maximum Gasteiger partial charge on any atom is 0.164 e. The van der Waals surface area contributed by atoms with E-state index in [0.29, 0.717) is 11.6 Å². The Morgan fingerprint density at radius 1 is 0.388 bits per heavy atom. The second-order valence-corrected chi connectivity index (χ2v) is 13.1. The molecular formula is C45H27N3S. The van der Waals surface area contributed by atoms with Crippen LogP contribution in [-0.4, -0.2) is 15.0 Å². The summed E-state index contributed by atoms with van der Waals surface area (Å²) in [4.78, 5) is 14.3. The molecular weight excluding hydrogens is 615 g/mol. The third-order valence-electron chi connectivity index (χ3n) is 9.20. The van der Waals surface area contributed by atoms with Gasteiger partial charge in [0.05, 0.1) is 6.85 Å². The Labute approximate surface area is 293 Å². The second kappa shape index (κ2) is 11.2. The third kappa shape index (κ3) is 4.61. The van der Waals surface area contributed by atoms with Crippen LogP contribution in [0.4, 0.5) is 0 Å². The van der Waals surface area contributed by atoms with E-state index in [4.69, 9.17) is 16.8 Å². The van der Waals surface area contributed by atoms with E-state index in [1.165, 1.54) is 32.3 Å². The molecule has 0 spiro atoms. The minimum Gasteiger partial charge on any atom is -0.208 e. The van der Waals surface area contributed by atoms with E-state index in [1.54, 1.807) is 11.3 Å². The van der Waals surface area contributed by atoms with Crippen LogP contribution in [0.5, 0.6) is 0 Å². The molecule has 4 heteroatoms. The predicted octanol–water partition coefficient (Wildman–Crippen LogP) is 12.4. The van der Waals surface area contributed by atoms with Crippen molar-refractivity contribution in [3.63, 3.8) is 0 Å². The molecule has 49 heavy (non-hydrogen) atoms. The molecule has 0 fully saturated rings. The van der Waals surface area contributed by atoms with Gasteiger partial charge in [0.1, 0.15) is 0 Å². The number of benzene rings is 8. The normalized spacial score (nSPS) is 13.1. The molecule has 0 atom stereocenters. The van der Waals surface area contributed by atoms with E-state index >= 15 is 0 Å². The fourth-order valence-electron chi connectivity index (χ4n) is 6.98. The van der Waals surface area contributed by atoms with Crippen molar-refractivity contribution in [1.29, 1.82) is 0 Å². The monoisotopic (exact) mass is 646 g/mol. The maximum atomic E-state index is 8.67. The molecule has 0 radical (unpaired) electrons. The van der Waals surface area contributed by atoms with Gasteiger partial charge in [-0.05, 0) is 73.8 Å². The first-order chi connectivity index (χ1) is 26.4. The van der Waals surface area contributed by atoms with E-state index in [9.17, 15) is 0 Å². The van der Waals surface area contributed by atoms with Crippen molar-refractivity contribution >= 4 is 63.8 Å². The largest absolute Gasteiger partial charge is 0.208 e. The summed E-state index contributed by atoms with van der Waals surface area (Å²) in [5.41, 5.74) is 3.61. The van der Waals surface area contributed by atoms with Gasteiger partial charge in [0, 0.05) is 36.9 Å². The van der Waals surface area contributed by atoms with Crippen LogP contribution in [0.1, 0.15) is 6.85 Å². The molecule has 228 valence electrons. The van der Waals surface area contributed by atoms with Crippen LogP contribution in [-0.2, 0) is 0 Å². The molecule has 2 aromatic heterocycles. The molecule has 0 aliphatic heterocycles. The Morgan fingerprint density at radius 2 is 0.959 bits per heavy atom. The van der Waals surface area contributed by atoms with Gasteiger partial charge in [-0.3, -0.25) is 0 Å². The van der Waals surface area contributed by atoms with E-state index < -0.39 is 18.1 Å². The number of fused-ring (bicyclic) bond motifs is 9. The zero-order chi connectivity index (χ0) is 36.7. The third-order valence-corrected chi connectivity index (χ3v) is 10.3. The molecule has 10 rings (SSSR count). The van der Waals surface area contributed by atoms with E-state index in [0.717, 1.165) is 42.4 Å². The molecule has 8 aromatic carbocycles. The van der Waals surface area contributed by atoms with E-state index in [2.05, 4.69) is 102 Å². The van der Waals surface area contributed by atoms with Crippen LogP contribution < -0.4 is 0 Å². The summed E-state index contributed by atoms with van der Waals surface area (Å²) in [5, 5.41) is 9.54. The van der Waals surface area contributed by atoms with Gasteiger partial charge < -0.3 is 0 Å². The topological polar surface area (TPSA) is 38.7 Å². The molecule has 2 heterocycles. The average Bonchev–Trinajstić information content (AvgIpc) is 3.61. The highest BCUT2D eigenvalue weighted by Gasteiger charge is 2.17. The lowest BCUT2D eigenvalue weighted by Gasteiger charge is -2.13. The summed E-state index contributed by atoms with van der Waals surface area (Å²) in [6.07, 6.45) is 0. The van der Waals surface area contributed by atoms with Crippen molar-refractivity contribution in [2.75, 3.05) is 0 Å². The summed E-state index contributed by atoms with van der Waals surface area (Å²) in [7, 11) is 0. The van der Waals surface area contributed by atoms with E-state index in [1.807, 2.05) is 36.4 Å². The fourth-order valence-corrected chi connectivity index (χ4v) is 8.09. The molecule has 10 aromatic rings. The Morgan fingerprint density at radius 3 is 1.67 bits per heavy atom. The van der Waals surface area contributed by atoms with Crippen LogP contribution in [0, 0.1) is 0 Å². The van der Waals surface area contributed by atoms with Gasteiger partial charge >= 0.3 is 0 Å². The van der Waals surface area contributed by atoms with Crippen molar-refractivity contribution in [2.45, 2.75) is 0 Å². The zero-order valence-electron chi connectivity index (χ0n) is 31.0. The van der Waals surface area contributed by atoms with Gasteiger partial charge in [0.25, 0.3) is 0 Å². The quantitative estimate of drug-likeness (QED) is 0.179. The Kier molecular flexibility index (Phi) is 5.29. The molecule has 0 unspecified atom stereocenters. The number of thiophene rings is 1. The Balaban J connectivity index is 1.19. The number of nitrogens with zero attached hydrogens (tertiary/aromatic N) is 3. The van der Waals surface area contributed by atoms with Crippen molar-refractivity contribution in [1.82, 2.24) is 15.0 Å². The van der Waals surface area contributed by atoms with Crippen molar-refractivity contribution in [3.8, 4) is 45.3 Å². The standard InChI is InChI=1S/C45H27N3S/c1-3-12-28(13-4-1)43-46-44(29-14-5-2-6-15-29)48-45(47-43)31-23-25-40-39(27-31)42-32(20-11-21-41(42)49-40)30-22-24-37-35-18-8-7-16-33(35)34-17-9-10-19-36(34)38(37)26-30/h1-27H/i1D,3D,4D,12D,13D. The van der Waals surface area contributed by atoms with Gasteiger partial charge in [-0.2, -0.15) is 0 Å². The van der Waals surface area contributed by atoms with Crippen LogP contribution >= 0.6 is 11.3 Å². The van der Waals surface area contributed by atoms with Crippen molar-refractivity contribution in [3.05, 3.63) is 164 Å². The number of rotatable bonds is 4. The Bertz CT molecular complexity index is 3120. The zero-order valence-corrected chi connectivity index (χ0v) is 26.8. The van der Waals surface area contributed by atoms with Gasteiger partial charge in [-0.25, -0.2) is 15.0 Å². The molecule has 0 N–H and O–H groups in total. The van der Waals surface area contributed by atoms with Crippen LogP contribution in [0.2, 0.25) is 0 Å². The first kappa shape index (κ1) is 23.2. The van der Waals surface area contributed by atoms with Crippen LogP contribution in [0.25, 0.3) is 97.8 Å². The molecule has 0 amide bonds. The molecule has 0 saturated carbocycles. The van der Waals surface area contributed by atoms with Crippen LogP contribution in [0.15, 0.2) is 164 Å². The lowest BCUT2D eigenvalue weighted by atomic mass is 9.91. The number of hydrogen-bond acceptors (Lipinski definition) is 4. The van der Waals surface area contributed by atoms with Crippen molar-refractivity contribution < 1.29 is 6.85 Å². The summed E-state index contributed by atoms with van der Waals surface area (Å²) in [5.74, 6) is 0.700. The summed E-state index contributed by atoms with van der Waals surface area (Å²) in [6.45, 7) is 0. The van der Waals surface area contributed by atoms with Gasteiger partial charge in [-0.15, -0.1) is 11.3 Å². The van der Waals surface area contributed by atoms with Gasteiger partial charge in [-0.1, -0.05) is 133 Å². The highest BCUT2D eigenvalue weighted by molar-refractivity contribution is 7.26. The Hall–Kier alpha value is -6.23. The number of hydrogen-bond donors (Lipinski definition) is 0. The highest BCUT2D eigenvalue weighted by Crippen LogP contribution is 2.43. The molecule has 0 aliphatic rings. The first-order valence-corrected chi connectivity index (χ1v) is 16.9. The summed E-state index contributed by atoms with van der Waals surface area (Å²) < 4.78 is 44.3. The first-order valence-electron chi connectivity index (χ1n) is 18.5. The molecule has 0 bridgehead atoms. The van der Waals surface area contributed by atoms with Crippen molar-refractivity contribution in [2.24, 2.45) is 0 Å². The molecule has 0 aliphatic carbocycles. The smallest absolute Gasteiger partial charge is 0.164 e. The summed E-state index contributed by atoms with van der Waals surface area (Å²) in [6, 6.07) is 43.9. The van der Waals surface area contributed by atoms with Gasteiger partial charge in [0.15, 0.2) is 17.5 Å². The lowest BCUT2D eigenvalue weighted by Crippen LogP contribution is -2.00. The molecule has 0 saturated heterocycles. The maximum absolute atomic E-state index is 8.67. The van der Waals surface area contributed by atoms with E-state index in [-0.39, 0.29) is 23.5 Å². The second-order valence-electron chi connectivity index (χ2n) is 12.0. The molecule has 3 nitrogen and oxygen atoms in total. The number of aromatic nitrogens is 3. The van der Waals surface area contributed by atoms with Crippen LogP contribution in [0.3, 0.4) is 0 Å². The highest BCUT2D eigenvalue weighted by atomic mass is 32.1.